The van der Waals surface area contributed by atoms with Gasteiger partial charge in [0.2, 0.25) is 0 Å². The Balaban J connectivity index is 1.99. The van der Waals surface area contributed by atoms with E-state index in [1.807, 2.05) is 18.9 Å². The summed E-state index contributed by atoms with van der Waals surface area (Å²) in [6, 6.07) is 0. The van der Waals surface area contributed by atoms with E-state index >= 15 is 0 Å². The molecule has 0 unspecified atom stereocenters. The van der Waals surface area contributed by atoms with Crippen LogP contribution in [0.2, 0.25) is 0 Å². The van der Waals surface area contributed by atoms with Crippen LogP contribution in [0.1, 0.15) is 56.6 Å². The van der Waals surface area contributed by atoms with Crippen LogP contribution in [-0.4, -0.2) is 23.6 Å². The summed E-state index contributed by atoms with van der Waals surface area (Å²) in [4.78, 5) is 9.76. The summed E-state index contributed by atoms with van der Waals surface area (Å²) in [6.07, 6.45) is 4.45. The molecule has 116 valence electrons. The molecule has 21 heavy (non-hydrogen) atoms. The van der Waals surface area contributed by atoms with Crippen LogP contribution in [0.4, 0.5) is 5.82 Å². The van der Waals surface area contributed by atoms with Gasteiger partial charge < -0.3 is 10.1 Å². The first kappa shape index (κ1) is 15.1. The summed E-state index contributed by atoms with van der Waals surface area (Å²) in [6.45, 7) is 5.33. The maximum atomic E-state index is 5.95. The highest BCUT2D eigenvalue weighted by Crippen LogP contribution is 2.42. The van der Waals surface area contributed by atoms with Gasteiger partial charge in [0, 0.05) is 30.7 Å². The summed E-state index contributed by atoms with van der Waals surface area (Å²) < 4.78 is 5.95. The molecule has 1 aromatic heterocycles. The first-order valence-electron chi connectivity index (χ1n) is 7.95. The Morgan fingerprint density at radius 3 is 2.71 bits per heavy atom. The fourth-order valence-electron chi connectivity index (χ4n) is 3.32. The lowest BCUT2D eigenvalue weighted by molar-refractivity contribution is -0.0597. The molecule has 2 heterocycles. The van der Waals surface area contributed by atoms with Crippen LogP contribution in [0.3, 0.4) is 0 Å². The highest BCUT2D eigenvalue weighted by Gasteiger charge is 2.39. The predicted molar refractivity (Wildman–Crippen MR) is 87.5 cm³/mol. The summed E-state index contributed by atoms with van der Waals surface area (Å²) in [5.41, 5.74) is 2.22. The standard InChI is InChI=1S/C16H25N3OS/c1-4-17-14-12-9-21-10-13(12)18-15(19-14)16(20-3)7-5-11(2)6-8-16/h11H,4-10H2,1-3H3,(H,17,18,19). The number of anilines is 1. The lowest BCUT2D eigenvalue weighted by Gasteiger charge is -2.37. The van der Waals surface area contributed by atoms with Gasteiger partial charge in [-0.3, -0.25) is 0 Å². The summed E-state index contributed by atoms with van der Waals surface area (Å²) in [5.74, 6) is 4.73. The fourth-order valence-corrected chi connectivity index (χ4v) is 4.36. The smallest absolute Gasteiger partial charge is 0.162 e. The molecule has 1 N–H and O–H groups in total. The number of methoxy groups -OCH3 is 1. The third-order valence-electron chi connectivity index (χ3n) is 4.80. The largest absolute Gasteiger partial charge is 0.370 e. The van der Waals surface area contributed by atoms with E-state index in [0.29, 0.717) is 0 Å². The maximum absolute atomic E-state index is 5.95. The molecule has 2 aliphatic rings. The van der Waals surface area contributed by atoms with Gasteiger partial charge in [0.25, 0.3) is 0 Å². The first-order valence-corrected chi connectivity index (χ1v) is 9.11. The van der Waals surface area contributed by atoms with Crippen molar-refractivity contribution in [2.75, 3.05) is 19.0 Å². The predicted octanol–water partition coefficient (Wildman–Crippen LogP) is 3.71. The van der Waals surface area contributed by atoms with Gasteiger partial charge in [-0.2, -0.15) is 11.8 Å². The van der Waals surface area contributed by atoms with Gasteiger partial charge >= 0.3 is 0 Å². The topological polar surface area (TPSA) is 47.0 Å². The number of hydrogen-bond donors (Lipinski definition) is 1. The van der Waals surface area contributed by atoms with Crippen molar-refractivity contribution in [2.45, 2.75) is 56.6 Å². The molecule has 4 nitrogen and oxygen atoms in total. The number of nitrogens with zero attached hydrogens (tertiary/aromatic N) is 2. The minimum absolute atomic E-state index is 0.279. The molecule has 0 bridgehead atoms. The average Bonchev–Trinajstić information content (AvgIpc) is 2.97. The van der Waals surface area contributed by atoms with E-state index in [9.17, 15) is 0 Å². The van der Waals surface area contributed by atoms with Crippen molar-refractivity contribution in [3.8, 4) is 0 Å². The molecule has 0 spiro atoms. The molecule has 1 fully saturated rings. The Kier molecular flexibility index (Phi) is 4.41. The zero-order chi connectivity index (χ0) is 14.9. The molecule has 0 radical (unpaired) electrons. The molecule has 1 aliphatic carbocycles. The van der Waals surface area contributed by atoms with Crippen LogP contribution < -0.4 is 5.32 Å². The van der Waals surface area contributed by atoms with Gasteiger partial charge in [0.15, 0.2) is 5.82 Å². The van der Waals surface area contributed by atoms with Gasteiger partial charge in [-0.15, -0.1) is 0 Å². The number of ether oxygens (including phenoxy) is 1. The molecular weight excluding hydrogens is 282 g/mol. The van der Waals surface area contributed by atoms with Crippen molar-refractivity contribution >= 4 is 17.6 Å². The van der Waals surface area contributed by atoms with E-state index in [1.54, 1.807) is 0 Å². The third kappa shape index (κ3) is 2.78. The number of aromatic nitrogens is 2. The van der Waals surface area contributed by atoms with Crippen LogP contribution in [0, 0.1) is 5.92 Å². The van der Waals surface area contributed by atoms with Crippen LogP contribution >= 0.6 is 11.8 Å². The quantitative estimate of drug-likeness (QED) is 0.919. The lowest BCUT2D eigenvalue weighted by atomic mass is 9.79. The number of rotatable bonds is 4. The van der Waals surface area contributed by atoms with Crippen molar-refractivity contribution in [2.24, 2.45) is 5.92 Å². The van der Waals surface area contributed by atoms with E-state index in [-0.39, 0.29) is 5.60 Å². The molecule has 1 saturated carbocycles. The molecule has 1 aliphatic heterocycles. The number of fused-ring (bicyclic) bond motifs is 1. The zero-order valence-corrected chi connectivity index (χ0v) is 14.1. The van der Waals surface area contributed by atoms with Gasteiger partial charge in [0.05, 0.1) is 5.69 Å². The van der Waals surface area contributed by atoms with Crippen molar-refractivity contribution in [3.05, 3.63) is 17.1 Å². The van der Waals surface area contributed by atoms with Crippen LogP contribution in [0.5, 0.6) is 0 Å². The summed E-state index contributed by atoms with van der Waals surface area (Å²) >= 11 is 1.92. The summed E-state index contributed by atoms with van der Waals surface area (Å²) in [5, 5.41) is 3.42. The van der Waals surface area contributed by atoms with Gasteiger partial charge in [-0.05, 0) is 38.5 Å². The molecule has 1 aromatic rings. The second-order valence-corrected chi connectivity index (χ2v) is 7.21. The molecule has 0 amide bonds. The van der Waals surface area contributed by atoms with E-state index in [4.69, 9.17) is 14.7 Å². The minimum Gasteiger partial charge on any atom is -0.370 e. The van der Waals surface area contributed by atoms with Crippen LogP contribution in [0.15, 0.2) is 0 Å². The number of nitrogens with one attached hydrogen (secondary N) is 1. The Hall–Kier alpha value is -0.810. The highest BCUT2D eigenvalue weighted by molar-refractivity contribution is 7.98. The summed E-state index contributed by atoms with van der Waals surface area (Å²) in [7, 11) is 1.81. The second kappa shape index (κ2) is 6.13. The van der Waals surface area contributed by atoms with Gasteiger partial charge in [0.1, 0.15) is 11.4 Å². The Bertz CT molecular complexity index is 512. The molecule has 3 rings (SSSR count). The molecule has 5 heteroatoms. The van der Waals surface area contributed by atoms with Crippen LogP contribution in [-0.2, 0) is 21.8 Å². The second-order valence-electron chi connectivity index (χ2n) is 6.23. The first-order chi connectivity index (χ1) is 10.2. The third-order valence-corrected chi connectivity index (χ3v) is 5.77. The average molecular weight is 307 g/mol. The SMILES string of the molecule is CCNc1nc(C2(OC)CCC(C)CC2)nc2c1CSC2. The molecule has 0 atom stereocenters. The normalized spacial score (nSPS) is 28.4. The van der Waals surface area contributed by atoms with E-state index in [2.05, 4.69) is 19.2 Å². The fraction of sp³-hybridized carbons (Fsp3) is 0.750. The van der Waals surface area contributed by atoms with Crippen molar-refractivity contribution in [3.63, 3.8) is 0 Å². The van der Waals surface area contributed by atoms with Crippen molar-refractivity contribution in [1.82, 2.24) is 9.97 Å². The zero-order valence-electron chi connectivity index (χ0n) is 13.2. The Labute approximate surface area is 131 Å². The Morgan fingerprint density at radius 1 is 1.29 bits per heavy atom. The molecule has 0 saturated heterocycles. The van der Waals surface area contributed by atoms with Gasteiger partial charge in [-0.1, -0.05) is 6.92 Å². The van der Waals surface area contributed by atoms with E-state index in [0.717, 1.165) is 48.5 Å². The number of thioether (sulfide) groups is 1. The van der Waals surface area contributed by atoms with Crippen molar-refractivity contribution < 1.29 is 4.74 Å². The minimum atomic E-state index is -0.279. The maximum Gasteiger partial charge on any atom is 0.162 e. The van der Waals surface area contributed by atoms with Gasteiger partial charge in [-0.25, -0.2) is 9.97 Å². The lowest BCUT2D eigenvalue weighted by Crippen LogP contribution is -2.35. The van der Waals surface area contributed by atoms with E-state index in [1.165, 1.54) is 24.1 Å². The van der Waals surface area contributed by atoms with Crippen molar-refractivity contribution in [1.29, 1.82) is 0 Å². The molecular formula is C16H25N3OS. The molecule has 0 aromatic carbocycles. The monoisotopic (exact) mass is 307 g/mol. The highest BCUT2D eigenvalue weighted by atomic mass is 32.2. The Morgan fingerprint density at radius 2 is 2.05 bits per heavy atom. The van der Waals surface area contributed by atoms with E-state index < -0.39 is 0 Å². The van der Waals surface area contributed by atoms with Crippen LogP contribution in [0.25, 0.3) is 0 Å². The number of hydrogen-bond acceptors (Lipinski definition) is 5.